The Morgan fingerprint density at radius 2 is 1.63 bits per heavy atom. The predicted molar refractivity (Wildman–Crippen MR) is 109 cm³/mol. The monoisotopic (exact) mass is 444 g/mol. The molecular formula is C20H17BrN2O3S. The standard InChI is InChI=1S/C20H17BrN2O3S/c1-13(22-20(25)18-3-2-12-26-18)19(24)23-15-6-10-17(11-7-15)27-16-8-4-14(21)5-9-16/h2-13H,1H3,(H,22,25)(H,23,24)/t13-/m1/s1. The topological polar surface area (TPSA) is 71.3 Å². The van der Waals surface area contributed by atoms with Gasteiger partial charge in [0.25, 0.3) is 5.91 Å². The highest BCUT2D eigenvalue weighted by Crippen LogP contribution is 2.29. The molecule has 27 heavy (non-hydrogen) atoms. The first-order valence-corrected chi connectivity index (χ1v) is 9.81. The molecule has 2 N–H and O–H groups in total. The van der Waals surface area contributed by atoms with E-state index in [0.29, 0.717) is 5.69 Å². The third kappa shape index (κ3) is 5.48. The van der Waals surface area contributed by atoms with Crippen molar-refractivity contribution in [2.24, 2.45) is 0 Å². The summed E-state index contributed by atoms with van der Waals surface area (Å²) in [6, 6.07) is 18.1. The van der Waals surface area contributed by atoms with Crippen molar-refractivity contribution in [2.75, 3.05) is 5.32 Å². The second-order valence-electron chi connectivity index (χ2n) is 5.74. The zero-order chi connectivity index (χ0) is 19.2. The number of furan rings is 1. The van der Waals surface area contributed by atoms with E-state index in [0.717, 1.165) is 14.3 Å². The number of carbonyl (C=O) groups is 2. The van der Waals surface area contributed by atoms with E-state index in [1.165, 1.54) is 6.26 Å². The number of halogens is 1. The minimum Gasteiger partial charge on any atom is -0.459 e. The summed E-state index contributed by atoms with van der Waals surface area (Å²) in [5.74, 6) is -0.559. The predicted octanol–water partition coefficient (Wildman–Crippen LogP) is 4.95. The second-order valence-corrected chi connectivity index (χ2v) is 7.80. The lowest BCUT2D eigenvalue weighted by Crippen LogP contribution is -2.41. The minimum absolute atomic E-state index is 0.170. The number of carbonyl (C=O) groups excluding carboxylic acids is 2. The number of anilines is 1. The van der Waals surface area contributed by atoms with Gasteiger partial charge in [-0.2, -0.15) is 0 Å². The van der Waals surface area contributed by atoms with Crippen molar-refractivity contribution >= 4 is 45.2 Å². The van der Waals surface area contributed by atoms with Gasteiger partial charge in [-0.25, -0.2) is 0 Å². The van der Waals surface area contributed by atoms with E-state index >= 15 is 0 Å². The summed E-state index contributed by atoms with van der Waals surface area (Å²) in [7, 11) is 0. The highest BCUT2D eigenvalue weighted by atomic mass is 79.9. The Morgan fingerprint density at radius 3 is 2.22 bits per heavy atom. The molecule has 0 unspecified atom stereocenters. The first kappa shape index (κ1) is 19.3. The van der Waals surface area contributed by atoms with Crippen molar-refractivity contribution in [1.82, 2.24) is 5.32 Å². The van der Waals surface area contributed by atoms with E-state index in [1.54, 1.807) is 30.8 Å². The van der Waals surface area contributed by atoms with Gasteiger partial charge in [-0.1, -0.05) is 27.7 Å². The van der Waals surface area contributed by atoms with Gasteiger partial charge in [0.2, 0.25) is 5.91 Å². The molecule has 0 aliphatic carbocycles. The number of hydrogen-bond acceptors (Lipinski definition) is 4. The largest absolute Gasteiger partial charge is 0.459 e. The summed E-state index contributed by atoms with van der Waals surface area (Å²) in [6.07, 6.45) is 1.41. The molecule has 0 radical (unpaired) electrons. The fourth-order valence-electron chi connectivity index (χ4n) is 2.24. The molecule has 1 heterocycles. The average Bonchev–Trinajstić information content (AvgIpc) is 3.20. The average molecular weight is 445 g/mol. The maximum absolute atomic E-state index is 12.3. The third-order valence-electron chi connectivity index (χ3n) is 3.66. The molecule has 3 rings (SSSR count). The van der Waals surface area contributed by atoms with Crippen molar-refractivity contribution in [3.8, 4) is 0 Å². The van der Waals surface area contributed by atoms with Crippen LogP contribution < -0.4 is 10.6 Å². The Morgan fingerprint density at radius 1 is 1.00 bits per heavy atom. The maximum Gasteiger partial charge on any atom is 0.287 e. The Hall–Kier alpha value is -2.51. The van der Waals surface area contributed by atoms with E-state index in [9.17, 15) is 9.59 Å². The van der Waals surface area contributed by atoms with E-state index in [1.807, 2.05) is 48.5 Å². The molecule has 138 valence electrons. The highest BCUT2D eigenvalue weighted by Gasteiger charge is 2.18. The summed E-state index contributed by atoms with van der Waals surface area (Å²) in [5.41, 5.74) is 0.666. The number of benzene rings is 2. The molecule has 0 bridgehead atoms. The third-order valence-corrected chi connectivity index (χ3v) is 5.20. The Balaban J connectivity index is 1.54. The maximum atomic E-state index is 12.3. The van der Waals surface area contributed by atoms with E-state index < -0.39 is 11.9 Å². The van der Waals surface area contributed by atoms with Crippen molar-refractivity contribution in [3.63, 3.8) is 0 Å². The molecule has 5 nitrogen and oxygen atoms in total. The van der Waals surface area contributed by atoms with Gasteiger partial charge in [0, 0.05) is 20.0 Å². The van der Waals surface area contributed by atoms with Crippen LogP contribution in [0.15, 0.2) is 85.6 Å². The van der Waals surface area contributed by atoms with Gasteiger partial charge >= 0.3 is 0 Å². The van der Waals surface area contributed by atoms with Crippen LogP contribution >= 0.6 is 27.7 Å². The summed E-state index contributed by atoms with van der Waals surface area (Å²) in [6.45, 7) is 1.62. The first-order valence-electron chi connectivity index (χ1n) is 8.20. The number of hydrogen-bond donors (Lipinski definition) is 2. The van der Waals surface area contributed by atoms with Gasteiger partial charge in [-0.05, 0) is 67.6 Å². The van der Waals surface area contributed by atoms with Crippen molar-refractivity contribution in [2.45, 2.75) is 22.8 Å². The zero-order valence-corrected chi connectivity index (χ0v) is 16.8. The molecule has 0 saturated carbocycles. The molecule has 3 aromatic rings. The molecule has 2 aromatic carbocycles. The molecule has 1 atom stereocenters. The number of amides is 2. The second kappa shape index (κ2) is 8.92. The molecule has 0 aliphatic heterocycles. The van der Waals surface area contributed by atoms with Crippen LogP contribution in [0.4, 0.5) is 5.69 Å². The quantitative estimate of drug-likeness (QED) is 0.563. The lowest BCUT2D eigenvalue weighted by Gasteiger charge is -2.13. The fourth-order valence-corrected chi connectivity index (χ4v) is 3.32. The van der Waals surface area contributed by atoms with E-state index in [2.05, 4.69) is 26.6 Å². The molecule has 2 amide bonds. The van der Waals surface area contributed by atoms with Gasteiger partial charge in [-0.15, -0.1) is 0 Å². The Labute approximate surface area is 169 Å². The SMILES string of the molecule is C[C@@H](NC(=O)c1ccco1)C(=O)Nc1ccc(Sc2ccc(Br)cc2)cc1. The van der Waals surface area contributed by atoms with Crippen LogP contribution in [0.25, 0.3) is 0 Å². The smallest absolute Gasteiger partial charge is 0.287 e. The van der Waals surface area contributed by atoms with E-state index in [-0.39, 0.29) is 11.7 Å². The van der Waals surface area contributed by atoms with Crippen molar-refractivity contribution < 1.29 is 14.0 Å². The number of nitrogens with one attached hydrogen (secondary N) is 2. The molecule has 1 aromatic heterocycles. The minimum atomic E-state index is -0.695. The van der Waals surface area contributed by atoms with E-state index in [4.69, 9.17) is 4.42 Å². The Kier molecular flexibility index (Phi) is 6.36. The molecule has 0 spiro atoms. The zero-order valence-electron chi connectivity index (χ0n) is 14.4. The van der Waals surface area contributed by atoms with Crippen molar-refractivity contribution in [1.29, 1.82) is 0 Å². The van der Waals surface area contributed by atoms with Crippen LogP contribution in [0.5, 0.6) is 0 Å². The molecule has 0 aliphatic rings. The Bertz CT molecular complexity index is 909. The fraction of sp³-hybridized carbons (Fsp3) is 0.100. The van der Waals surface area contributed by atoms with Gasteiger partial charge in [0.05, 0.1) is 6.26 Å². The number of rotatable bonds is 6. The molecule has 0 fully saturated rings. The molecule has 7 heteroatoms. The summed E-state index contributed by atoms with van der Waals surface area (Å²) >= 11 is 5.06. The van der Waals surface area contributed by atoms with Gasteiger partial charge in [-0.3, -0.25) is 9.59 Å². The summed E-state index contributed by atoms with van der Waals surface area (Å²) in [4.78, 5) is 26.4. The van der Waals surface area contributed by atoms with Crippen LogP contribution in [0, 0.1) is 0 Å². The summed E-state index contributed by atoms with van der Waals surface area (Å²) < 4.78 is 6.05. The van der Waals surface area contributed by atoms with Gasteiger partial charge in [0.15, 0.2) is 5.76 Å². The normalized spacial score (nSPS) is 11.6. The van der Waals surface area contributed by atoms with Crippen LogP contribution in [-0.4, -0.2) is 17.9 Å². The van der Waals surface area contributed by atoms with Gasteiger partial charge < -0.3 is 15.1 Å². The van der Waals surface area contributed by atoms with Crippen molar-refractivity contribution in [3.05, 3.63) is 77.2 Å². The molecule has 0 saturated heterocycles. The summed E-state index contributed by atoms with van der Waals surface area (Å²) in [5, 5.41) is 5.39. The molecular weight excluding hydrogens is 428 g/mol. The highest BCUT2D eigenvalue weighted by molar-refractivity contribution is 9.10. The van der Waals surface area contributed by atoms with Crippen LogP contribution in [0.1, 0.15) is 17.5 Å². The van der Waals surface area contributed by atoms with Crippen LogP contribution in [0.2, 0.25) is 0 Å². The van der Waals surface area contributed by atoms with Gasteiger partial charge in [0.1, 0.15) is 6.04 Å². The van der Waals surface area contributed by atoms with Crippen LogP contribution in [0.3, 0.4) is 0 Å². The van der Waals surface area contributed by atoms with Crippen LogP contribution in [-0.2, 0) is 4.79 Å². The first-order chi connectivity index (χ1) is 13.0. The lowest BCUT2D eigenvalue weighted by atomic mass is 10.2. The lowest BCUT2D eigenvalue weighted by molar-refractivity contribution is -0.117.